The molecule has 2 aromatic rings. The predicted octanol–water partition coefficient (Wildman–Crippen LogP) is 3.54. The lowest BCUT2D eigenvalue weighted by molar-refractivity contribution is 0.0469. The van der Waals surface area contributed by atoms with Gasteiger partial charge in [-0.2, -0.15) is 0 Å². The van der Waals surface area contributed by atoms with Crippen LogP contribution in [0.3, 0.4) is 0 Å². The summed E-state index contributed by atoms with van der Waals surface area (Å²) in [7, 11) is -3.77. The highest BCUT2D eigenvalue weighted by atomic mass is 35.5. The summed E-state index contributed by atoms with van der Waals surface area (Å²) in [6.07, 6.45) is 1.61. The normalized spacial score (nSPS) is 14.0. The molecule has 6 nitrogen and oxygen atoms in total. The highest BCUT2D eigenvalue weighted by molar-refractivity contribution is 7.89. The highest BCUT2D eigenvalue weighted by Crippen LogP contribution is 2.27. The first kappa shape index (κ1) is 19.7. The zero-order valence-corrected chi connectivity index (χ0v) is 16.3. The van der Waals surface area contributed by atoms with Gasteiger partial charge < -0.3 is 9.47 Å². The lowest BCUT2D eigenvalue weighted by Gasteiger charge is -2.12. The number of rotatable bonds is 8. The Morgan fingerprint density at radius 1 is 1.22 bits per heavy atom. The van der Waals surface area contributed by atoms with Crippen molar-refractivity contribution in [2.45, 2.75) is 37.3 Å². The van der Waals surface area contributed by atoms with E-state index in [0.29, 0.717) is 12.4 Å². The quantitative estimate of drug-likeness (QED) is 0.674. The Hall–Kier alpha value is -2.09. The number of carbonyl (C=O) groups is 1. The van der Waals surface area contributed by atoms with Crippen LogP contribution in [0.1, 0.15) is 35.7 Å². The van der Waals surface area contributed by atoms with Crippen molar-refractivity contribution in [1.82, 2.24) is 4.72 Å². The second-order valence-electron chi connectivity index (χ2n) is 6.16. The summed E-state index contributed by atoms with van der Waals surface area (Å²) in [5.41, 5.74) is 0.842. The minimum absolute atomic E-state index is 0.0139. The van der Waals surface area contributed by atoms with Crippen LogP contribution < -0.4 is 9.46 Å². The van der Waals surface area contributed by atoms with E-state index >= 15 is 0 Å². The van der Waals surface area contributed by atoms with Crippen molar-refractivity contribution < 1.29 is 22.7 Å². The first-order valence-corrected chi connectivity index (χ1v) is 10.5. The van der Waals surface area contributed by atoms with Gasteiger partial charge in [-0.05, 0) is 44.0 Å². The minimum atomic E-state index is -3.77. The Balaban J connectivity index is 1.75. The fourth-order valence-corrected chi connectivity index (χ4v) is 4.30. The van der Waals surface area contributed by atoms with Gasteiger partial charge in [0.1, 0.15) is 17.3 Å². The first-order valence-electron chi connectivity index (χ1n) is 8.60. The van der Waals surface area contributed by atoms with Crippen LogP contribution in [0.5, 0.6) is 5.75 Å². The van der Waals surface area contributed by atoms with Crippen molar-refractivity contribution in [3.05, 3.63) is 58.6 Å². The van der Waals surface area contributed by atoms with E-state index in [1.165, 1.54) is 18.2 Å². The van der Waals surface area contributed by atoms with Crippen LogP contribution in [-0.4, -0.2) is 27.0 Å². The lowest BCUT2D eigenvalue weighted by atomic mass is 10.2. The molecule has 0 atom stereocenters. The van der Waals surface area contributed by atoms with Crippen molar-refractivity contribution in [2.75, 3.05) is 6.61 Å². The third-order valence-electron chi connectivity index (χ3n) is 3.99. The molecule has 1 saturated carbocycles. The van der Waals surface area contributed by atoms with Crippen LogP contribution in [-0.2, 0) is 21.4 Å². The molecule has 0 amide bonds. The van der Waals surface area contributed by atoms with Gasteiger partial charge >= 0.3 is 5.97 Å². The molecule has 0 bridgehead atoms. The second kappa shape index (κ2) is 8.29. The van der Waals surface area contributed by atoms with Crippen molar-refractivity contribution in [3.63, 3.8) is 0 Å². The third kappa shape index (κ3) is 5.00. The van der Waals surface area contributed by atoms with Crippen LogP contribution in [0.15, 0.2) is 47.4 Å². The largest absolute Gasteiger partial charge is 0.493 e. The molecule has 0 aliphatic heterocycles. The number of hydrogen-bond acceptors (Lipinski definition) is 5. The van der Waals surface area contributed by atoms with Gasteiger partial charge in [-0.25, -0.2) is 17.9 Å². The van der Waals surface area contributed by atoms with Crippen molar-refractivity contribution >= 4 is 27.6 Å². The molecule has 144 valence electrons. The number of para-hydroxylation sites is 1. The van der Waals surface area contributed by atoms with E-state index < -0.39 is 16.0 Å². The molecule has 3 rings (SSSR count). The molecule has 0 radical (unpaired) electrons. The molecular weight excluding hydrogens is 390 g/mol. The number of nitrogens with one attached hydrogen (secondary N) is 1. The van der Waals surface area contributed by atoms with E-state index in [-0.39, 0.29) is 28.1 Å². The average molecular weight is 410 g/mol. The summed E-state index contributed by atoms with van der Waals surface area (Å²) in [5.74, 6) is 0.00152. The summed E-state index contributed by atoms with van der Waals surface area (Å²) in [5, 5.41) is 0.0568. The SMILES string of the molecule is CCOc1ccccc1COC(=O)c1ccc(Cl)c(S(=O)(=O)NC2CC2)c1. The summed E-state index contributed by atoms with van der Waals surface area (Å²) in [4.78, 5) is 12.3. The molecule has 1 aliphatic rings. The summed E-state index contributed by atoms with van der Waals surface area (Å²) >= 11 is 6.03. The topological polar surface area (TPSA) is 81.7 Å². The van der Waals surface area contributed by atoms with Gasteiger partial charge in [-0.15, -0.1) is 0 Å². The predicted molar refractivity (Wildman–Crippen MR) is 102 cm³/mol. The zero-order valence-electron chi connectivity index (χ0n) is 14.8. The molecule has 0 saturated heterocycles. The molecule has 0 heterocycles. The fraction of sp³-hybridized carbons (Fsp3) is 0.316. The van der Waals surface area contributed by atoms with E-state index in [2.05, 4.69) is 4.72 Å². The van der Waals surface area contributed by atoms with Crippen molar-refractivity contribution in [1.29, 1.82) is 0 Å². The van der Waals surface area contributed by atoms with E-state index in [1.54, 1.807) is 12.1 Å². The number of ether oxygens (including phenoxy) is 2. The monoisotopic (exact) mass is 409 g/mol. The van der Waals surface area contributed by atoms with Crippen LogP contribution >= 0.6 is 11.6 Å². The van der Waals surface area contributed by atoms with Gasteiger partial charge in [-0.3, -0.25) is 0 Å². The second-order valence-corrected chi connectivity index (χ2v) is 8.25. The van der Waals surface area contributed by atoms with Crippen LogP contribution in [0, 0.1) is 0 Å². The molecule has 1 aliphatic carbocycles. The van der Waals surface area contributed by atoms with Gasteiger partial charge in [0.25, 0.3) is 0 Å². The molecule has 2 aromatic carbocycles. The molecule has 27 heavy (non-hydrogen) atoms. The summed E-state index contributed by atoms with van der Waals surface area (Å²) in [6.45, 7) is 2.38. The van der Waals surface area contributed by atoms with E-state index in [4.69, 9.17) is 21.1 Å². The fourth-order valence-electron chi connectivity index (χ4n) is 2.47. The minimum Gasteiger partial charge on any atom is -0.493 e. The number of esters is 1. The summed E-state index contributed by atoms with van der Waals surface area (Å²) in [6, 6.07) is 11.3. The molecule has 0 aromatic heterocycles. The van der Waals surface area contributed by atoms with E-state index in [0.717, 1.165) is 18.4 Å². The van der Waals surface area contributed by atoms with E-state index in [9.17, 15) is 13.2 Å². The number of halogens is 1. The maximum atomic E-state index is 12.4. The number of sulfonamides is 1. The molecule has 1 N–H and O–H groups in total. The number of carbonyl (C=O) groups excluding carboxylic acids is 1. The number of benzene rings is 2. The molecule has 1 fully saturated rings. The smallest absolute Gasteiger partial charge is 0.338 e. The Bertz CT molecular complexity index is 941. The lowest BCUT2D eigenvalue weighted by Crippen LogP contribution is -2.26. The van der Waals surface area contributed by atoms with Crippen molar-refractivity contribution in [2.24, 2.45) is 0 Å². The first-order chi connectivity index (χ1) is 12.9. The van der Waals surface area contributed by atoms with Crippen LogP contribution in [0.2, 0.25) is 5.02 Å². The van der Waals surface area contributed by atoms with Gasteiger partial charge in [0.2, 0.25) is 10.0 Å². The Kier molecular flexibility index (Phi) is 6.04. The maximum absolute atomic E-state index is 12.4. The van der Waals surface area contributed by atoms with Crippen molar-refractivity contribution in [3.8, 4) is 5.75 Å². The van der Waals surface area contributed by atoms with E-state index in [1.807, 2.05) is 19.1 Å². The Morgan fingerprint density at radius 3 is 2.67 bits per heavy atom. The third-order valence-corrected chi connectivity index (χ3v) is 5.99. The number of hydrogen-bond donors (Lipinski definition) is 1. The maximum Gasteiger partial charge on any atom is 0.338 e. The van der Waals surface area contributed by atoms with Gasteiger partial charge in [0.15, 0.2) is 0 Å². The van der Waals surface area contributed by atoms with Gasteiger partial charge in [-0.1, -0.05) is 29.8 Å². The molecule has 8 heteroatoms. The Morgan fingerprint density at radius 2 is 1.96 bits per heavy atom. The Labute approximate surface area is 163 Å². The summed E-state index contributed by atoms with van der Waals surface area (Å²) < 4.78 is 38.2. The molecule has 0 unspecified atom stereocenters. The standard InChI is InChI=1S/C19H20ClNO5S/c1-2-25-17-6-4-3-5-14(17)12-26-19(22)13-7-10-16(20)18(11-13)27(23,24)21-15-8-9-15/h3-7,10-11,15,21H,2,8-9,12H2,1H3. The molecule has 0 spiro atoms. The van der Waals surface area contributed by atoms with Gasteiger partial charge in [0, 0.05) is 11.6 Å². The van der Waals surface area contributed by atoms with Crippen LogP contribution in [0.4, 0.5) is 0 Å². The average Bonchev–Trinajstić information content (AvgIpc) is 3.44. The van der Waals surface area contributed by atoms with Crippen LogP contribution in [0.25, 0.3) is 0 Å². The molecular formula is C19H20ClNO5S. The highest BCUT2D eigenvalue weighted by Gasteiger charge is 2.29. The zero-order chi connectivity index (χ0) is 19.4. The van der Waals surface area contributed by atoms with Gasteiger partial charge in [0.05, 0.1) is 17.2 Å².